The molecule has 0 aliphatic carbocycles. The summed E-state index contributed by atoms with van der Waals surface area (Å²) in [6, 6.07) is 4.94. The fourth-order valence-electron chi connectivity index (χ4n) is 1.53. The summed E-state index contributed by atoms with van der Waals surface area (Å²) in [4.78, 5) is 11.9. The lowest BCUT2D eigenvalue weighted by Gasteiger charge is -2.11. The maximum Gasteiger partial charge on any atom is 0.269 e. The van der Waals surface area contributed by atoms with Crippen LogP contribution >= 0.6 is 12.2 Å². The molecular weight excluding hydrogens is 282 g/mol. The maximum absolute atomic E-state index is 11.9. The van der Waals surface area contributed by atoms with Gasteiger partial charge in [0.15, 0.2) is 16.6 Å². The minimum absolute atomic E-state index is 0.173. The van der Waals surface area contributed by atoms with Crippen molar-refractivity contribution >= 4 is 23.2 Å². The van der Waals surface area contributed by atoms with Crippen molar-refractivity contribution in [2.75, 3.05) is 27.1 Å². The normalized spacial score (nSPS) is 11.8. The van der Waals surface area contributed by atoms with E-state index in [0.717, 1.165) is 0 Å². The van der Waals surface area contributed by atoms with Gasteiger partial charge in [0.25, 0.3) is 5.91 Å². The first kappa shape index (κ1) is 14.4. The van der Waals surface area contributed by atoms with Gasteiger partial charge in [-0.2, -0.15) is 0 Å². The average Bonchev–Trinajstić information content (AvgIpc) is 2.92. The van der Waals surface area contributed by atoms with Crippen LogP contribution in [0.15, 0.2) is 18.2 Å². The second-order valence-electron chi connectivity index (χ2n) is 3.90. The molecule has 3 N–H and O–H groups in total. The van der Waals surface area contributed by atoms with E-state index in [4.69, 9.17) is 26.4 Å². The average molecular weight is 297 g/mol. The number of amides is 1. The first-order chi connectivity index (χ1) is 9.70. The van der Waals surface area contributed by atoms with Crippen molar-refractivity contribution in [3.63, 3.8) is 0 Å². The highest BCUT2D eigenvalue weighted by atomic mass is 32.1. The number of benzene rings is 1. The number of carbonyl (C=O) groups is 1. The monoisotopic (exact) mass is 297 g/mol. The van der Waals surface area contributed by atoms with Crippen LogP contribution in [0.25, 0.3) is 0 Å². The zero-order chi connectivity index (χ0) is 14.4. The fraction of sp³-hybridized carbons (Fsp3) is 0.333. The summed E-state index contributed by atoms with van der Waals surface area (Å²) in [5.41, 5.74) is 5.53. The highest BCUT2D eigenvalue weighted by molar-refractivity contribution is 7.80. The predicted octanol–water partition coefficient (Wildman–Crippen LogP) is 0.171. The second kappa shape index (κ2) is 6.92. The van der Waals surface area contributed by atoms with Crippen LogP contribution in [0.4, 0.5) is 0 Å². The van der Waals surface area contributed by atoms with E-state index in [1.54, 1.807) is 25.3 Å². The van der Waals surface area contributed by atoms with E-state index in [1.807, 2.05) is 0 Å². The number of hydrogen-bond donors (Lipinski definition) is 3. The van der Waals surface area contributed by atoms with Crippen molar-refractivity contribution in [2.24, 2.45) is 0 Å². The Morgan fingerprint density at radius 3 is 2.95 bits per heavy atom. The van der Waals surface area contributed by atoms with Crippen LogP contribution in [0.1, 0.15) is 10.4 Å². The number of ether oxygens (including phenoxy) is 3. The third kappa shape index (κ3) is 3.72. The Morgan fingerprint density at radius 1 is 1.35 bits per heavy atom. The van der Waals surface area contributed by atoms with Gasteiger partial charge >= 0.3 is 0 Å². The lowest BCUT2D eigenvalue weighted by molar-refractivity contribution is 0.0943. The zero-order valence-corrected chi connectivity index (χ0v) is 11.7. The molecule has 1 aromatic rings. The van der Waals surface area contributed by atoms with E-state index in [9.17, 15) is 4.79 Å². The number of hydrogen-bond acceptors (Lipinski definition) is 5. The van der Waals surface area contributed by atoms with Gasteiger partial charge in [0.2, 0.25) is 6.79 Å². The molecule has 0 saturated heterocycles. The summed E-state index contributed by atoms with van der Waals surface area (Å²) >= 11 is 4.98. The molecule has 1 aromatic carbocycles. The van der Waals surface area contributed by atoms with Gasteiger partial charge in [-0.1, -0.05) is 0 Å². The number of methoxy groups -OCH3 is 1. The third-order valence-electron chi connectivity index (χ3n) is 2.52. The molecule has 0 aromatic heterocycles. The molecule has 1 heterocycles. The molecule has 0 unspecified atom stereocenters. The molecule has 20 heavy (non-hydrogen) atoms. The van der Waals surface area contributed by atoms with Crippen molar-refractivity contribution in [1.29, 1.82) is 0 Å². The predicted molar refractivity (Wildman–Crippen MR) is 75.6 cm³/mol. The van der Waals surface area contributed by atoms with Gasteiger partial charge in [-0.3, -0.25) is 15.6 Å². The molecule has 2 rings (SSSR count). The zero-order valence-electron chi connectivity index (χ0n) is 10.9. The molecule has 1 aliphatic rings. The summed E-state index contributed by atoms with van der Waals surface area (Å²) in [6.45, 7) is 1.26. The molecule has 7 nitrogen and oxygen atoms in total. The van der Waals surface area contributed by atoms with Crippen LogP contribution < -0.4 is 25.6 Å². The molecule has 0 bridgehead atoms. The molecule has 0 saturated carbocycles. The molecule has 0 radical (unpaired) electrons. The number of thiocarbonyl (C=S) groups is 1. The topological polar surface area (TPSA) is 80.9 Å². The second-order valence-corrected chi connectivity index (χ2v) is 4.30. The van der Waals surface area contributed by atoms with Crippen molar-refractivity contribution < 1.29 is 19.0 Å². The first-order valence-electron chi connectivity index (χ1n) is 5.93. The summed E-state index contributed by atoms with van der Waals surface area (Å²) in [7, 11) is 1.60. The summed E-state index contributed by atoms with van der Waals surface area (Å²) in [6.07, 6.45) is 0. The molecule has 8 heteroatoms. The Kier molecular flexibility index (Phi) is 4.97. The van der Waals surface area contributed by atoms with Gasteiger partial charge in [0.05, 0.1) is 6.61 Å². The van der Waals surface area contributed by atoms with Crippen LogP contribution in [-0.4, -0.2) is 38.1 Å². The number of fused-ring (bicyclic) bond motifs is 1. The number of rotatable bonds is 4. The van der Waals surface area contributed by atoms with E-state index >= 15 is 0 Å². The van der Waals surface area contributed by atoms with Crippen molar-refractivity contribution in [3.8, 4) is 11.5 Å². The van der Waals surface area contributed by atoms with Crippen molar-refractivity contribution in [2.45, 2.75) is 0 Å². The molecule has 1 amide bonds. The SMILES string of the molecule is COCCNC(=S)NNC(=O)c1ccc2c(c1)OCO2. The Labute approximate surface area is 121 Å². The van der Waals surface area contributed by atoms with Gasteiger partial charge in [-0.25, -0.2) is 0 Å². The van der Waals surface area contributed by atoms with Crippen molar-refractivity contribution in [1.82, 2.24) is 16.2 Å². The Bertz CT molecular complexity index is 509. The summed E-state index contributed by atoms with van der Waals surface area (Å²) in [5.74, 6) is 0.865. The van der Waals surface area contributed by atoms with E-state index in [0.29, 0.717) is 35.3 Å². The maximum atomic E-state index is 11.9. The largest absolute Gasteiger partial charge is 0.454 e. The van der Waals surface area contributed by atoms with Gasteiger partial charge in [0, 0.05) is 19.2 Å². The van der Waals surface area contributed by atoms with Crippen LogP contribution in [0.2, 0.25) is 0 Å². The van der Waals surface area contributed by atoms with E-state index < -0.39 is 0 Å². The van der Waals surface area contributed by atoms with Gasteiger partial charge in [-0.15, -0.1) is 0 Å². The fourth-order valence-corrected chi connectivity index (χ4v) is 1.69. The van der Waals surface area contributed by atoms with Gasteiger partial charge < -0.3 is 19.5 Å². The van der Waals surface area contributed by atoms with Crippen LogP contribution in [0.5, 0.6) is 11.5 Å². The van der Waals surface area contributed by atoms with Gasteiger partial charge in [0.1, 0.15) is 0 Å². The molecule has 0 atom stereocenters. The van der Waals surface area contributed by atoms with Gasteiger partial charge in [-0.05, 0) is 30.4 Å². The third-order valence-corrected chi connectivity index (χ3v) is 2.76. The Hall–Kier alpha value is -2.06. The van der Waals surface area contributed by atoms with E-state index in [-0.39, 0.29) is 12.7 Å². The summed E-state index contributed by atoms with van der Waals surface area (Å²) in [5, 5.41) is 3.18. The van der Waals surface area contributed by atoms with Crippen LogP contribution in [0, 0.1) is 0 Å². The van der Waals surface area contributed by atoms with Crippen LogP contribution in [-0.2, 0) is 4.74 Å². The smallest absolute Gasteiger partial charge is 0.269 e. The van der Waals surface area contributed by atoms with Crippen molar-refractivity contribution in [3.05, 3.63) is 23.8 Å². The highest BCUT2D eigenvalue weighted by Crippen LogP contribution is 2.32. The molecule has 108 valence electrons. The lowest BCUT2D eigenvalue weighted by Crippen LogP contribution is -2.47. The Balaban J connectivity index is 1.81. The minimum Gasteiger partial charge on any atom is -0.454 e. The Morgan fingerprint density at radius 2 is 2.15 bits per heavy atom. The highest BCUT2D eigenvalue weighted by Gasteiger charge is 2.16. The molecular formula is C12H15N3O4S. The number of carbonyl (C=O) groups excluding carboxylic acids is 1. The quantitative estimate of drug-likeness (QED) is 0.415. The lowest BCUT2D eigenvalue weighted by atomic mass is 10.2. The summed E-state index contributed by atoms with van der Waals surface area (Å²) < 4.78 is 15.2. The standard InChI is InChI=1S/C12H15N3O4S/c1-17-5-4-13-12(20)15-14-11(16)8-2-3-9-10(6-8)19-7-18-9/h2-3,6H,4-5,7H2,1H3,(H,14,16)(H2,13,15,20). The van der Waals surface area contributed by atoms with E-state index in [2.05, 4.69) is 16.2 Å². The molecule has 0 spiro atoms. The molecule has 0 fully saturated rings. The molecule has 1 aliphatic heterocycles. The number of hydrazine groups is 1. The van der Waals surface area contributed by atoms with Crippen LogP contribution in [0.3, 0.4) is 0 Å². The number of nitrogens with one attached hydrogen (secondary N) is 3. The first-order valence-corrected chi connectivity index (χ1v) is 6.34. The minimum atomic E-state index is -0.320. The van der Waals surface area contributed by atoms with E-state index in [1.165, 1.54) is 0 Å².